The summed E-state index contributed by atoms with van der Waals surface area (Å²) in [6.07, 6.45) is 0. The van der Waals surface area contributed by atoms with Crippen LogP contribution in [0.4, 0.5) is 17.1 Å². The number of amides is 2. The molecule has 5 rings (SSSR count). The van der Waals surface area contributed by atoms with Crippen LogP contribution < -0.4 is 15.5 Å². The Morgan fingerprint density at radius 1 is 0.902 bits per heavy atom. The van der Waals surface area contributed by atoms with Crippen LogP contribution >= 0.6 is 12.2 Å². The molecule has 0 aliphatic carbocycles. The Hall–Kier alpha value is -5.03. The number of furan rings is 1. The third-order valence-corrected chi connectivity index (χ3v) is 7.06. The van der Waals surface area contributed by atoms with Gasteiger partial charge in [-0.3, -0.25) is 25.0 Å². The van der Waals surface area contributed by atoms with E-state index in [0.29, 0.717) is 18.8 Å². The molecule has 0 atom stereocenters. The molecule has 0 unspecified atom stereocenters. The quantitative estimate of drug-likeness (QED) is 0.183. The fraction of sp³-hybridized carbons (Fsp3) is 0.167. The summed E-state index contributed by atoms with van der Waals surface area (Å²) in [6.45, 7) is 4.65. The highest BCUT2D eigenvalue weighted by molar-refractivity contribution is 7.80. The first-order valence-corrected chi connectivity index (χ1v) is 13.4. The molecule has 2 amide bonds. The van der Waals surface area contributed by atoms with Gasteiger partial charge in [0.25, 0.3) is 17.5 Å². The van der Waals surface area contributed by atoms with Crippen molar-refractivity contribution < 1.29 is 18.9 Å². The largest absolute Gasteiger partial charge is 0.451 e. The maximum atomic E-state index is 12.9. The standard InChI is InChI=1S/C30H27N5O5S/c1-20-6-2-3-7-23(20)29(37)34-18-16-33(17-19-34)22-12-10-21(11-13-22)31-30(41)32-28(36)27-15-14-26(40-27)24-8-4-5-9-25(24)35(38)39/h2-15H,16-19H2,1H3,(H2,31,32,36,41). The maximum absolute atomic E-state index is 12.9. The minimum absolute atomic E-state index is 0.0299. The van der Waals surface area contributed by atoms with Crippen molar-refractivity contribution in [3.63, 3.8) is 0 Å². The van der Waals surface area contributed by atoms with E-state index < -0.39 is 10.8 Å². The molecule has 0 saturated carbocycles. The van der Waals surface area contributed by atoms with Crippen molar-refractivity contribution in [2.45, 2.75) is 6.92 Å². The van der Waals surface area contributed by atoms with Crippen LogP contribution in [0.15, 0.2) is 89.3 Å². The predicted octanol–water partition coefficient (Wildman–Crippen LogP) is 5.25. The van der Waals surface area contributed by atoms with Crippen LogP contribution in [0, 0.1) is 17.0 Å². The molecule has 1 aliphatic heterocycles. The van der Waals surface area contributed by atoms with Gasteiger partial charge in [-0.05, 0) is 73.2 Å². The van der Waals surface area contributed by atoms with E-state index in [0.717, 1.165) is 29.9 Å². The third-order valence-electron chi connectivity index (χ3n) is 6.86. The average molecular weight is 570 g/mol. The normalized spacial score (nSPS) is 13.0. The number of hydrogen-bond donors (Lipinski definition) is 2. The summed E-state index contributed by atoms with van der Waals surface area (Å²) in [5.74, 6) is -0.345. The third kappa shape index (κ3) is 6.25. The molecule has 4 aromatic rings. The first-order valence-electron chi connectivity index (χ1n) is 13.0. The second kappa shape index (κ2) is 12.0. The fourth-order valence-electron chi connectivity index (χ4n) is 4.68. The molecule has 0 bridgehead atoms. The molecule has 1 fully saturated rings. The van der Waals surface area contributed by atoms with Crippen LogP contribution in [-0.4, -0.2) is 52.9 Å². The number of thiocarbonyl (C=S) groups is 1. The second-order valence-corrected chi connectivity index (χ2v) is 9.90. The highest BCUT2D eigenvalue weighted by Gasteiger charge is 2.23. The summed E-state index contributed by atoms with van der Waals surface area (Å²) in [5, 5.41) is 16.9. The monoisotopic (exact) mass is 569 g/mol. The second-order valence-electron chi connectivity index (χ2n) is 9.49. The molecule has 2 N–H and O–H groups in total. The Balaban J connectivity index is 1.14. The number of piperazine rings is 1. The highest BCUT2D eigenvalue weighted by atomic mass is 32.1. The number of nitro benzene ring substituents is 1. The summed E-state index contributed by atoms with van der Waals surface area (Å²) >= 11 is 5.29. The molecule has 1 saturated heterocycles. The van der Waals surface area contributed by atoms with Gasteiger partial charge < -0.3 is 19.5 Å². The topological polar surface area (TPSA) is 121 Å². The smallest absolute Gasteiger partial charge is 0.293 e. The fourth-order valence-corrected chi connectivity index (χ4v) is 4.89. The number of para-hydroxylation sites is 1. The van der Waals surface area contributed by atoms with Gasteiger partial charge in [-0.25, -0.2) is 0 Å². The summed E-state index contributed by atoms with van der Waals surface area (Å²) in [7, 11) is 0. The molecule has 10 nitrogen and oxygen atoms in total. The molecule has 3 aromatic carbocycles. The zero-order chi connectivity index (χ0) is 28.9. The van der Waals surface area contributed by atoms with Gasteiger partial charge >= 0.3 is 0 Å². The molecule has 1 aromatic heterocycles. The maximum Gasteiger partial charge on any atom is 0.293 e. The predicted molar refractivity (Wildman–Crippen MR) is 160 cm³/mol. The van der Waals surface area contributed by atoms with E-state index >= 15 is 0 Å². The number of nitrogens with one attached hydrogen (secondary N) is 2. The number of nitrogens with zero attached hydrogens (tertiary/aromatic N) is 3. The molecule has 11 heteroatoms. The number of rotatable bonds is 6. The zero-order valence-corrected chi connectivity index (χ0v) is 23.0. The minimum atomic E-state index is -0.581. The Morgan fingerprint density at radius 2 is 1.59 bits per heavy atom. The summed E-state index contributed by atoms with van der Waals surface area (Å²) in [6, 6.07) is 24.3. The van der Waals surface area contributed by atoms with Crippen molar-refractivity contribution in [1.82, 2.24) is 10.2 Å². The van der Waals surface area contributed by atoms with Crippen LogP contribution in [0.2, 0.25) is 0 Å². The molecule has 208 valence electrons. The highest BCUT2D eigenvalue weighted by Crippen LogP contribution is 2.31. The van der Waals surface area contributed by atoms with Gasteiger partial charge in [0.1, 0.15) is 5.76 Å². The summed E-state index contributed by atoms with van der Waals surface area (Å²) in [4.78, 5) is 40.5. The molecule has 41 heavy (non-hydrogen) atoms. The Morgan fingerprint density at radius 3 is 2.29 bits per heavy atom. The SMILES string of the molecule is Cc1ccccc1C(=O)N1CCN(c2ccc(NC(=S)NC(=O)c3ccc(-c4ccccc4[N+](=O)[O-])o3)cc2)CC1. The van der Waals surface area contributed by atoms with Crippen LogP contribution in [0.5, 0.6) is 0 Å². The van der Waals surface area contributed by atoms with Crippen molar-refractivity contribution in [2.75, 3.05) is 36.4 Å². The lowest BCUT2D eigenvalue weighted by atomic mass is 10.1. The van der Waals surface area contributed by atoms with Crippen molar-refractivity contribution >= 4 is 46.2 Å². The molecule has 0 radical (unpaired) electrons. The number of carbonyl (C=O) groups is 2. The molecular formula is C30H27N5O5S. The van der Waals surface area contributed by atoms with E-state index in [4.69, 9.17) is 16.6 Å². The van der Waals surface area contributed by atoms with Gasteiger partial charge in [0.2, 0.25) is 0 Å². The zero-order valence-electron chi connectivity index (χ0n) is 22.2. The Kier molecular flexibility index (Phi) is 8.06. The average Bonchev–Trinajstić information content (AvgIpc) is 3.48. The number of benzene rings is 3. The van der Waals surface area contributed by atoms with Gasteiger partial charge in [-0.15, -0.1) is 0 Å². The first kappa shape index (κ1) is 27.5. The van der Waals surface area contributed by atoms with Gasteiger partial charge in [-0.2, -0.15) is 0 Å². The number of hydrogen-bond acceptors (Lipinski definition) is 7. The lowest BCUT2D eigenvalue weighted by molar-refractivity contribution is -0.384. The van der Waals surface area contributed by atoms with Gasteiger partial charge in [-0.1, -0.05) is 30.3 Å². The molecule has 2 heterocycles. The van der Waals surface area contributed by atoms with Crippen LogP contribution in [0.1, 0.15) is 26.5 Å². The summed E-state index contributed by atoms with van der Waals surface area (Å²) in [5.41, 5.74) is 3.58. The Labute approximate surface area is 241 Å². The van der Waals surface area contributed by atoms with Gasteiger partial charge in [0, 0.05) is 49.2 Å². The van der Waals surface area contributed by atoms with Gasteiger partial charge in [0.15, 0.2) is 10.9 Å². The van der Waals surface area contributed by atoms with Crippen LogP contribution in [0.25, 0.3) is 11.3 Å². The van der Waals surface area contributed by atoms with E-state index in [-0.39, 0.29) is 33.8 Å². The number of anilines is 2. The molecule has 0 spiro atoms. The molecular weight excluding hydrogens is 542 g/mol. The lowest BCUT2D eigenvalue weighted by Gasteiger charge is -2.36. The van der Waals surface area contributed by atoms with E-state index in [9.17, 15) is 19.7 Å². The minimum Gasteiger partial charge on any atom is -0.451 e. The van der Waals surface area contributed by atoms with Gasteiger partial charge in [0.05, 0.1) is 10.5 Å². The van der Waals surface area contributed by atoms with Crippen molar-refractivity contribution in [1.29, 1.82) is 0 Å². The number of nitro groups is 1. The van der Waals surface area contributed by atoms with Crippen molar-refractivity contribution in [3.05, 3.63) is 112 Å². The van der Waals surface area contributed by atoms with Crippen LogP contribution in [0.3, 0.4) is 0 Å². The van der Waals surface area contributed by atoms with E-state index in [1.165, 1.54) is 18.2 Å². The number of aryl methyl sites for hydroxylation is 1. The van der Waals surface area contributed by atoms with Crippen molar-refractivity contribution in [2.24, 2.45) is 0 Å². The van der Waals surface area contributed by atoms with Crippen molar-refractivity contribution in [3.8, 4) is 11.3 Å². The summed E-state index contributed by atoms with van der Waals surface area (Å²) < 4.78 is 5.58. The lowest BCUT2D eigenvalue weighted by Crippen LogP contribution is -2.48. The van der Waals surface area contributed by atoms with E-state index in [1.54, 1.807) is 18.2 Å². The number of carbonyl (C=O) groups excluding carboxylic acids is 2. The van der Waals surface area contributed by atoms with Crippen LogP contribution in [-0.2, 0) is 0 Å². The first-order chi connectivity index (χ1) is 19.8. The Bertz CT molecular complexity index is 1610. The van der Waals surface area contributed by atoms with E-state index in [2.05, 4.69) is 15.5 Å². The van der Waals surface area contributed by atoms with E-state index in [1.807, 2.05) is 60.4 Å². The molecule has 1 aliphatic rings.